The second kappa shape index (κ2) is 7.20. The maximum absolute atomic E-state index is 13.0. The predicted octanol–water partition coefficient (Wildman–Crippen LogP) is 3.35. The van der Waals surface area contributed by atoms with Crippen LogP contribution in [-0.2, 0) is 13.1 Å². The standard InChI is InChI=1S/C21H24N4O/c1-17-13-22-24(14-17)16-20-5-4-12-25(20)21(26)19-8-6-18(7-9-19)15-23-10-2-3-11-23/h2-3,6-11,13-14,20H,4-5,12,15-16H2,1H3. The molecule has 0 radical (unpaired) electrons. The van der Waals surface area contributed by atoms with Gasteiger partial charge in [0.05, 0.1) is 18.8 Å². The van der Waals surface area contributed by atoms with Gasteiger partial charge in [-0.05, 0) is 55.2 Å². The van der Waals surface area contributed by atoms with Crippen LogP contribution >= 0.6 is 0 Å². The Morgan fingerprint density at radius 1 is 1.19 bits per heavy atom. The number of carbonyl (C=O) groups excluding carboxylic acids is 1. The van der Waals surface area contributed by atoms with E-state index in [-0.39, 0.29) is 11.9 Å². The van der Waals surface area contributed by atoms with Crippen molar-refractivity contribution >= 4 is 5.91 Å². The minimum atomic E-state index is 0.129. The number of likely N-dealkylation sites (tertiary alicyclic amines) is 1. The molecule has 1 saturated heterocycles. The number of rotatable bonds is 5. The van der Waals surface area contributed by atoms with E-state index in [0.717, 1.165) is 43.6 Å². The van der Waals surface area contributed by atoms with E-state index >= 15 is 0 Å². The number of hydrogen-bond acceptors (Lipinski definition) is 2. The van der Waals surface area contributed by atoms with E-state index in [4.69, 9.17) is 0 Å². The minimum Gasteiger partial charge on any atom is -0.350 e. The van der Waals surface area contributed by atoms with E-state index in [9.17, 15) is 4.79 Å². The Hall–Kier alpha value is -2.82. The first-order chi connectivity index (χ1) is 12.7. The Morgan fingerprint density at radius 3 is 2.65 bits per heavy atom. The van der Waals surface area contributed by atoms with Gasteiger partial charge >= 0.3 is 0 Å². The normalized spacial score (nSPS) is 17.0. The Bertz CT molecular complexity index is 864. The highest BCUT2D eigenvalue weighted by atomic mass is 16.2. The lowest BCUT2D eigenvalue weighted by Crippen LogP contribution is -2.38. The molecule has 26 heavy (non-hydrogen) atoms. The molecule has 1 aromatic carbocycles. The van der Waals surface area contributed by atoms with E-state index in [0.29, 0.717) is 0 Å². The van der Waals surface area contributed by atoms with Gasteiger partial charge in [-0.15, -0.1) is 0 Å². The summed E-state index contributed by atoms with van der Waals surface area (Å²) in [5.74, 6) is 0.129. The highest BCUT2D eigenvalue weighted by Crippen LogP contribution is 2.22. The summed E-state index contributed by atoms with van der Waals surface area (Å²) in [6.45, 7) is 4.46. The van der Waals surface area contributed by atoms with Crippen molar-refractivity contribution in [3.8, 4) is 0 Å². The average molecular weight is 348 g/mol. The van der Waals surface area contributed by atoms with Gasteiger partial charge < -0.3 is 9.47 Å². The number of aromatic nitrogens is 3. The summed E-state index contributed by atoms with van der Waals surface area (Å²) in [5, 5.41) is 4.37. The van der Waals surface area contributed by atoms with Crippen molar-refractivity contribution in [1.29, 1.82) is 0 Å². The van der Waals surface area contributed by atoms with E-state index in [1.165, 1.54) is 5.56 Å². The molecule has 0 aliphatic carbocycles. The second-order valence-corrected chi connectivity index (χ2v) is 7.09. The van der Waals surface area contributed by atoms with Gasteiger partial charge in [0.15, 0.2) is 0 Å². The first kappa shape index (κ1) is 16.6. The smallest absolute Gasteiger partial charge is 0.254 e. The van der Waals surface area contributed by atoms with Crippen molar-refractivity contribution in [3.63, 3.8) is 0 Å². The first-order valence-electron chi connectivity index (χ1n) is 9.19. The van der Waals surface area contributed by atoms with Crippen LogP contribution in [0.5, 0.6) is 0 Å². The number of amides is 1. The monoisotopic (exact) mass is 348 g/mol. The van der Waals surface area contributed by atoms with Gasteiger partial charge in [0.1, 0.15) is 0 Å². The molecule has 5 heteroatoms. The molecule has 3 heterocycles. The van der Waals surface area contributed by atoms with E-state index in [2.05, 4.69) is 21.8 Å². The van der Waals surface area contributed by atoms with Gasteiger partial charge in [0.25, 0.3) is 5.91 Å². The largest absolute Gasteiger partial charge is 0.350 e. The molecular weight excluding hydrogens is 324 g/mol. The van der Waals surface area contributed by atoms with Crippen LogP contribution in [0.25, 0.3) is 0 Å². The van der Waals surface area contributed by atoms with Crippen molar-refractivity contribution in [2.75, 3.05) is 6.54 Å². The molecule has 1 aliphatic rings. The highest BCUT2D eigenvalue weighted by Gasteiger charge is 2.29. The molecule has 4 rings (SSSR count). The molecule has 2 aromatic heterocycles. The Balaban J connectivity index is 1.44. The molecule has 1 aliphatic heterocycles. The lowest BCUT2D eigenvalue weighted by atomic mass is 10.1. The Kier molecular flexibility index (Phi) is 4.61. The maximum Gasteiger partial charge on any atom is 0.254 e. The van der Waals surface area contributed by atoms with E-state index in [1.807, 2.05) is 65.6 Å². The summed E-state index contributed by atoms with van der Waals surface area (Å²) in [6, 6.07) is 12.3. The number of carbonyl (C=O) groups is 1. The van der Waals surface area contributed by atoms with Crippen LogP contribution in [0.15, 0.2) is 61.2 Å². The van der Waals surface area contributed by atoms with Crippen molar-refractivity contribution in [1.82, 2.24) is 19.2 Å². The molecule has 1 unspecified atom stereocenters. The molecule has 1 fully saturated rings. The molecule has 134 valence electrons. The Labute approximate surface area is 153 Å². The summed E-state index contributed by atoms with van der Waals surface area (Å²) in [4.78, 5) is 15.0. The van der Waals surface area contributed by atoms with Gasteiger partial charge in [0.2, 0.25) is 0 Å². The second-order valence-electron chi connectivity index (χ2n) is 7.09. The molecule has 0 N–H and O–H groups in total. The molecule has 5 nitrogen and oxygen atoms in total. The summed E-state index contributed by atoms with van der Waals surface area (Å²) in [7, 11) is 0. The quantitative estimate of drug-likeness (QED) is 0.710. The zero-order valence-corrected chi connectivity index (χ0v) is 15.1. The zero-order chi connectivity index (χ0) is 17.9. The average Bonchev–Trinajstić information content (AvgIpc) is 3.38. The first-order valence-corrected chi connectivity index (χ1v) is 9.19. The van der Waals surface area contributed by atoms with Crippen LogP contribution < -0.4 is 0 Å². The van der Waals surface area contributed by atoms with Crippen LogP contribution in [0, 0.1) is 6.92 Å². The minimum absolute atomic E-state index is 0.129. The number of hydrogen-bond donors (Lipinski definition) is 0. The van der Waals surface area contributed by atoms with Gasteiger partial charge in [-0.3, -0.25) is 9.48 Å². The SMILES string of the molecule is Cc1cnn(CC2CCCN2C(=O)c2ccc(Cn3cccc3)cc2)c1. The van der Waals surface area contributed by atoms with E-state index < -0.39 is 0 Å². The number of benzene rings is 1. The number of aryl methyl sites for hydroxylation is 1. The van der Waals surface area contributed by atoms with Crippen LogP contribution in [-0.4, -0.2) is 37.7 Å². The maximum atomic E-state index is 13.0. The van der Waals surface area contributed by atoms with Crippen molar-refractivity contribution < 1.29 is 4.79 Å². The Morgan fingerprint density at radius 2 is 1.96 bits per heavy atom. The highest BCUT2D eigenvalue weighted by molar-refractivity contribution is 5.94. The lowest BCUT2D eigenvalue weighted by Gasteiger charge is -2.25. The molecule has 0 spiro atoms. The predicted molar refractivity (Wildman–Crippen MR) is 101 cm³/mol. The molecule has 1 amide bonds. The van der Waals surface area contributed by atoms with Crippen molar-refractivity contribution in [2.45, 2.75) is 38.9 Å². The number of nitrogens with zero attached hydrogens (tertiary/aromatic N) is 4. The molecule has 1 atom stereocenters. The van der Waals surface area contributed by atoms with Gasteiger partial charge in [-0.2, -0.15) is 5.10 Å². The molecule has 3 aromatic rings. The summed E-state index contributed by atoms with van der Waals surface area (Å²) in [6.07, 6.45) is 10.1. The molecule has 0 bridgehead atoms. The van der Waals surface area contributed by atoms with Crippen LogP contribution in [0.2, 0.25) is 0 Å². The third-order valence-electron chi connectivity index (χ3n) is 5.03. The topological polar surface area (TPSA) is 43.1 Å². The van der Waals surface area contributed by atoms with Gasteiger partial charge in [-0.25, -0.2) is 0 Å². The third-order valence-corrected chi connectivity index (χ3v) is 5.03. The fraction of sp³-hybridized carbons (Fsp3) is 0.333. The summed E-state index contributed by atoms with van der Waals surface area (Å²) < 4.78 is 4.07. The van der Waals surface area contributed by atoms with Crippen molar-refractivity contribution in [3.05, 3.63) is 77.9 Å². The lowest BCUT2D eigenvalue weighted by molar-refractivity contribution is 0.0721. The van der Waals surface area contributed by atoms with Gasteiger partial charge in [-0.1, -0.05) is 12.1 Å². The fourth-order valence-corrected chi connectivity index (χ4v) is 3.68. The van der Waals surface area contributed by atoms with Crippen LogP contribution in [0.3, 0.4) is 0 Å². The van der Waals surface area contributed by atoms with Crippen LogP contribution in [0.4, 0.5) is 0 Å². The summed E-state index contributed by atoms with van der Waals surface area (Å²) in [5.41, 5.74) is 3.12. The molecule has 0 saturated carbocycles. The van der Waals surface area contributed by atoms with Crippen molar-refractivity contribution in [2.24, 2.45) is 0 Å². The van der Waals surface area contributed by atoms with Crippen LogP contribution in [0.1, 0.15) is 34.3 Å². The fourth-order valence-electron chi connectivity index (χ4n) is 3.68. The van der Waals surface area contributed by atoms with E-state index in [1.54, 1.807) is 0 Å². The van der Waals surface area contributed by atoms with Gasteiger partial charge in [0, 0.05) is 37.2 Å². The zero-order valence-electron chi connectivity index (χ0n) is 15.1. The summed E-state index contributed by atoms with van der Waals surface area (Å²) >= 11 is 0. The molecular formula is C21H24N4O. The third kappa shape index (κ3) is 3.57.